The van der Waals surface area contributed by atoms with Crippen LogP contribution in [0.4, 0.5) is 15.8 Å². The summed E-state index contributed by atoms with van der Waals surface area (Å²) in [5.41, 5.74) is 7.17. The molecule has 0 saturated carbocycles. The van der Waals surface area contributed by atoms with E-state index in [0.29, 0.717) is 5.69 Å². The monoisotopic (exact) mass is 259 g/mol. The molecule has 0 spiro atoms. The van der Waals surface area contributed by atoms with Crippen LogP contribution in [-0.2, 0) is 4.79 Å². The average Bonchev–Trinajstić information content (AvgIpc) is 2.40. The van der Waals surface area contributed by atoms with Gasteiger partial charge < -0.3 is 11.1 Å². The number of rotatable bonds is 3. The van der Waals surface area contributed by atoms with Crippen molar-refractivity contribution in [2.24, 2.45) is 0 Å². The second-order valence-electron chi connectivity index (χ2n) is 4.24. The number of nitrogens with two attached hydrogens (primary N) is 1. The van der Waals surface area contributed by atoms with E-state index in [1.807, 2.05) is 6.07 Å². The Labute approximate surface area is 110 Å². The third-order valence-electron chi connectivity index (χ3n) is 2.83. The quantitative estimate of drug-likeness (QED) is 0.832. The molecule has 2 rings (SSSR count). The number of nitrogens with zero attached hydrogens (tertiary/aromatic N) is 1. The summed E-state index contributed by atoms with van der Waals surface area (Å²) in [6, 6.07) is 8.48. The second-order valence-corrected chi connectivity index (χ2v) is 4.24. The predicted molar refractivity (Wildman–Crippen MR) is 72.1 cm³/mol. The van der Waals surface area contributed by atoms with Gasteiger partial charge in [-0.2, -0.15) is 0 Å². The van der Waals surface area contributed by atoms with Gasteiger partial charge in [0.25, 0.3) is 0 Å². The van der Waals surface area contributed by atoms with E-state index in [9.17, 15) is 9.18 Å². The van der Waals surface area contributed by atoms with E-state index in [-0.39, 0.29) is 11.6 Å². The zero-order chi connectivity index (χ0) is 13.8. The molecule has 0 bridgehead atoms. The van der Waals surface area contributed by atoms with Gasteiger partial charge in [-0.25, -0.2) is 4.39 Å². The predicted octanol–water partition coefficient (Wildman–Crippen LogP) is 2.55. The molecule has 1 heterocycles. The van der Waals surface area contributed by atoms with Crippen LogP contribution < -0.4 is 11.1 Å². The highest BCUT2D eigenvalue weighted by atomic mass is 19.1. The van der Waals surface area contributed by atoms with Crippen molar-refractivity contribution in [3.05, 3.63) is 54.1 Å². The van der Waals surface area contributed by atoms with Crippen molar-refractivity contribution in [3.8, 4) is 0 Å². The Bertz CT molecular complexity index is 601. The van der Waals surface area contributed by atoms with Crippen LogP contribution in [0.25, 0.3) is 0 Å². The molecule has 1 amide bonds. The number of amides is 1. The first-order valence-corrected chi connectivity index (χ1v) is 5.83. The van der Waals surface area contributed by atoms with Crippen LogP contribution in [0.15, 0.2) is 42.7 Å². The maximum absolute atomic E-state index is 13.4. The number of hydrogen-bond acceptors (Lipinski definition) is 3. The first-order chi connectivity index (χ1) is 9.08. The van der Waals surface area contributed by atoms with E-state index in [1.54, 1.807) is 25.1 Å². The largest absolute Gasteiger partial charge is 0.399 e. The summed E-state index contributed by atoms with van der Waals surface area (Å²) < 4.78 is 13.4. The third-order valence-corrected chi connectivity index (χ3v) is 2.83. The highest BCUT2D eigenvalue weighted by molar-refractivity contribution is 5.95. The summed E-state index contributed by atoms with van der Waals surface area (Å²) in [5, 5.41) is 2.53. The molecule has 19 heavy (non-hydrogen) atoms. The van der Waals surface area contributed by atoms with Crippen molar-refractivity contribution in [2.75, 3.05) is 11.1 Å². The van der Waals surface area contributed by atoms with Gasteiger partial charge in [0.2, 0.25) is 5.91 Å². The summed E-state index contributed by atoms with van der Waals surface area (Å²) in [6.45, 7) is 1.74. The van der Waals surface area contributed by atoms with Crippen LogP contribution in [0.1, 0.15) is 18.4 Å². The number of halogens is 1. The van der Waals surface area contributed by atoms with Gasteiger partial charge in [-0.05, 0) is 30.7 Å². The number of nitrogens with one attached hydrogen (secondary N) is 1. The number of aromatic nitrogens is 1. The van der Waals surface area contributed by atoms with Gasteiger partial charge in [-0.15, -0.1) is 0 Å². The normalized spacial score (nSPS) is 11.9. The molecule has 3 N–H and O–H groups in total. The summed E-state index contributed by atoms with van der Waals surface area (Å²) in [6.07, 6.45) is 2.48. The molecular weight excluding hydrogens is 245 g/mol. The Morgan fingerprint density at radius 3 is 2.89 bits per heavy atom. The van der Waals surface area contributed by atoms with Gasteiger partial charge in [-0.1, -0.05) is 12.1 Å². The van der Waals surface area contributed by atoms with E-state index in [4.69, 9.17) is 5.73 Å². The van der Waals surface area contributed by atoms with Gasteiger partial charge in [-0.3, -0.25) is 9.78 Å². The number of anilines is 2. The number of hydrogen-bond donors (Lipinski definition) is 2. The lowest BCUT2D eigenvalue weighted by molar-refractivity contribution is -0.117. The topological polar surface area (TPSA) is 68.0 Å². The van der Waals surface area contributed by atoms with Gasteiger partial charge in [0.05, 0.1) is 17.8 Å². The fourth-order valence-corrected chi connectivity index (χ4v) is 1.70. The van der Waals surface area contributed by atoms with E-state index in [0.717, 1.165) is 11.8 Å². The number of benzene rings is 1. The molecule has 0 saturated heterocycles. The van der Waals surface area contributed by atoms with Crippen molar-refractivity contribution >= 4 is 17.3 Å². The number of nitrogen functional groups attached to an aromatic ring is 1. The molecule has 4 nitrogen and oxygen atoms in total. The van der Waals surface area contributed by atoms with E-state index in [2.05, 4.69) is 10.3 Å². The highest BCUT2D eigenvalue weighted by Crippen LogP contribution is 2.20. The summed E-state index contributed by atoms with van der Waals surface area (Å²) in [5.74, 6) is -1.28. The van der Waals surface area contributed by atoms with Crippen LogP contribution in [0.5, 0.6) is 0 Å². The van der Waals surface area contributed by atoms with Gasteiger partial charge in [0.1, 0.15) is 0 Å². The minimum Gasteiger partial charge on any atom is -0.399 e. The van der Waals surface area contributed by atoms with Gasteiger partial charge in [0, 0.05) is 11.9 Å². The van der Waals surface area contributed by atoms with Crippen LogP contribution >= 0.6 is 0 Å². The van der Waals surface area contributed by atoms with Crippen molar-refractivity contribution < 1.29 is 9.18 Å². The third kappa shape index (κ3) is 3.07. The molecule has 98 valence electrons. The summed E-state index contributed by atoms with van der Waals surface area (Å²) in [7, 11) is 0. The maximum atomic E-state index is 13.4. The minimum atomic E-state index is -0.560. The van der Waals surface area contributed by atoms with E-state index in [1.165, 1.54) is 12.3 Å². The molecule has 1 aromatic carbocycles. The van der Waals surface area contributed by atoms with Crippen LogP contribution in [-0.4, -0.2) is 10.9 Å². The fraction of sp³-hybridized carbons (Fsp3) is 0.143. The first kappa shape index (κ1) is 13.0. The smallest absolute Gasteiger partial charge is 0.231 e. The SMILES string of the molecule is CC(C(=O)Nc1ccncc1F)c1cccc(N)c1. The Morgan fingerprint density at radius 1 is 1.42 bits per heavy atom. The zero-order valence-electron chi connectivity index (χ0n) is 10.4. The van der Waals surface area contributed by atoms with Gasteiger partial charge >= 0.3 is 0 Å². The van der Waals surface area contributed by atoms with Crippen molar-refractivity contribution in [2.45, 2.75) is 12.8 Å². The second kappa shape index (κ2) is 5.48. The molecular formula is C14H14FN3O. The lowest BCUT2D eigenvalue weighted by Gasteiger charge is -2.13. The number of carbonyl (C=O) groups excluding carboxylic acids is 1. The molecule has 0 aliphatic heterocycles. The standard InChI is InChI=1S/C14H14FN3O/c1-9(10-3-2-4-11(16)7-10)14(19)18-13-5-6-17-8-12(13)15/h2-9H,16H2,1H3,(H,17,18,19). The molecule has 1 atom stereocenters. The van der Waals surface area contributed by atoms with Crippen LogP contribution in [0.3, 0.4) is 0 Å². The van der Waals surface area contributed by atoms with Crippen molar-refractivity contribution in [1.82, 2.24) is 4.98 Å². The first-order valence-electron chi connectivity index (χ1n) is 5.83. The molecule has 0 fully saturated rings. The Kier molecular flexibility index (Phi) is 3.75. The highest BCUT2D eigenvalue weighted by Gasteiger charge is 2.16. The average molecular weight is 259 g/mol. The summed E-state index contributed by atoms with van der Waals surface area (Å²) in [4.78, 5) is 15.7. The van der Waals surface area contributed by atoms with E-state index >= 15 is 0 Å². The number of pyridine rings is 1. The Balaban J connectivity index is 2.14. The maximum Gasteiger partial charge on any atom is 0.231 e. The van der Waals surface area contributed by atoms with Gasteiger partial charge in [0.15, 0.2) is 5.82 Å². The van der Waals surface area contributed by atoms with E-state index < -0.39 is 11.7 Å². The Hall–Kier alpha value is -2.43. The lowest BCUT2D eigenvalue weighted by atomic mass is 10.00. The zero-order valence-corrected chi connectivity index (χ0v) is 10.4. The lowest BCUT2D eigenvalue weighted by Crippen LogP contribution is -2.19. The molecule has 0 radical (unpaired) electrons. The molecule has 1 aromatic heterocycles. The van der Waals surface area contributed by atoms with Crippen LogP contribution in [0.2, 0.25) is 0 Å². The van der Waals surface area contributed by atoms with Crippen molar-refractivity contribution in [3.63, 3.8) is 0 Å². The number of carbonyl (C=O) groups is 1. The molecule has 1 unspecified atom stereocenters. The molecule has 5 heteroatoms. The Morgan fingerprint density at radius 2 is 2.21 bits per heavy atom. The molecule has 0 aliphatic rings. The summed E-state index contributed by atoms with van der Waals surface area (Å²) >= 11 is 0. The molecule has 0 aliphatic carbocycles. The fourth-order valence-electron chi connectivity index (χ4n) is 1.70. The van der Waals surface area contributed by atoms with Crippen LogP contribution in [0, 0.1) is 5.82 Å². The van der Waals surface area contributed by atoms with Crippen molar-refractivity contribution in [1.29, 1.82) is 0 Å². The molecule has 2 aromatic rings. The minimum absolute atomic E-state index is 0.121.